The predicted molar refractivity (Wildman–Crippen MR) is 159 cm³/mol. The Hall–Kier alpha value is -4.15. The number of aromatic nitrogens is 4. The van der Waals surface area contributed by atoms with Gasteiger partial charge in [0.2, 0.25) is 5.91 Å². The lowest BCUT2D eigenvalue weighted by Gasteiger charge is -2.32. The number of β-amino-alcohol motifs (C(OH)–C–C–N with tert-alkyl or cyclic N) is 1. The van der Waals surface area contributed by atoms with Crippen LogP contribution < -0.4 is 10.6 Å². The molecule has 41 heavy (non-hydrogen) atoms. The van der Waals surface area contributed by atoms with Gasteiger partial charge in [-0.05, 0) is 80.5 Å². The van der Waals surface area contributed by atoms with E-state index in [1.54, 1.807) is 18.2 Å². The van der Waals surface area contributed by atoms with Gasteiger partial charge < -0.3 is 20.6 Å². The van der Waals surface area contributed by atoms with Gasteiger partial charge in [0.15, 0.2) is 5.82 Å². The van der Waals surface area contributed by atoms with E-state index in [1.165, 1.54) is 37.7 Å². The summed E-state index contributed by atoms with van der Waals surface area (Å²) in [5.41, 5.74) is 2.92. The van der Waals surface area contributed by atoms with Crippen LogP contribution in [0.15, 0.2) is 60.9 Å². The number of nitrogens with one attached hydrogen (secondary N) is 3. The first kappa shape index (κ1) is 28.4. The molecule has 9 nitrogen and oxygen atoms in total. The van der Waals surface area contributed by atoms with Gasteiger partial charge in [0.05, 0.1) is 18.5 Å². The topological polar surface area (TPSA) is 119 Å². The van der Waals surface area contributed by atoms with Crippen molar-refractivity contribution in [3.63, 3.8) is 0 Å². The molecular formula is C31H36FN7O2. The van der Waals surface area contributed by atoms with Gasteiger partial charge in [-0.25, -0.2) is 14.4 Å². The van der Waals surface area contributed by atoms with E-state index in [-0.39, 0.29) is 18.9 Å². The molecule has 4 aromatic rings. The average Bonchev–Trinajstić information content (AvgIpc) is 3.39. The predicted octanol–water partition coefficient (Wildman–Crippen LogP) is 5.30. The standard InChI is InChI=1S/C31H36FN7O2/c32-24-9-4-10-25(17-24)35-30(41)19-26-18-29(38-37-26)36-31-27-12-11-22(16-28(27)33-21-34-31)6-2-1-3-7-23-8-5-13-39(20-23)14-15-40/h2,4,6,9-12,16-18,21,23,40H,1,3,5,7-8,13-15,19-20H2,(H,35,41)(H2,33,34,36,37,38)/b6-2+. The highest BCUT2D eigenvalue weighted by molar-refractivity contribution is 5.93. The highest BCUT2D eigenvalue weighted by Crippen LogP contribution is 2.25. The summed E-state index contributed by atoms with van der Waals surface area (Å²) in [6.07, 6.45) is 11.9. The third-order valence-electron chi connectivity index (χ3n) is 7.31. The van der Waals surface area contributed by atoms with Crippen LogP contribution in [0.25, 0.3) is 17.0 Å². The van der Waals surface area contributed by atoms with Gasteiger partial charge in [0.1, 0.15) is 18.0 Å². The van der Waals surface area contributed by atoms with E-state index in [9.17, 15) is 14.3 Å². The van der Waals surface area contributed by atoms with Crippen LogP contribution in [0.3, 0.4) is 0 Å². The van der Waals surface area contributed by atoms with E-state index in [0.717, 1.165) is 54.9 Å². The molecule has 1 unspecified atom stereocenters. The first-order valence-electron chi connectivity index (χ1n) is 14.2. The number of aliphatic hydroxyl groups excluding tert-OH is 1. The van der Waals surface area contributed by atoms with E-state index in [2.05, 4.69) is 47.9 Å². The minimum atomic E-state index is -0.409. The second-order valence-electron chi connectivity index (χ2n) is 10.5. The molecule has 10 heteroatoms. The molecule has 5 rings (SSSR count). The Morgan fingerprint density at radius 3 is 3.00 bits per heavy atom. The van der Waals surface area contributed by atoms with Crippen molar-refractivity contribution in [2.75, 3.05) is 36.9 Å². The number of H-pyrrole nitrogens is 1. The largest absolute Gasteiger partial charge is 0.395 e. The van der Waals surface area contributed by atoms with Crippen LogP contribution in [0.5, 0.6) is 0 Å². The lowest BCUT2D eigenvalue weighted by molar-refractivity contribution is -0.115. The number of anilines is 3. The smallest absolute Gasteiger partial charge is 0.230 e. The number of amides is 1. The number of likely N-dealkylation sites (tertiary alicyclic amines) is 1. The third-order valence-corrected chi connectivity index (χ3v) is 7.31. The number of carbonyl (C=O) groups excluding carboxylic acids is 1. The number of hydrogen-bond donors (Lipinski definition) is 4. The maximum absolute atomic E-state index is 13.4. The molecule has 214 valence electrons. The highest BCUT2D eigenvalue weighted by atomic mass is 19.1. The number of piperidine rings is 1. The summed E-state index contributed by atoms with van der Waals surface area (Å²) in [4.78, 5) is 23.6. The number of hydrogen-bond acceptors (Lipinski definition) is 7. The van der Waals surface area contributed by atoms with Gasteiger partial charge in [-0.15, -0.1) is 0 Å². The molecule has 2 aromatic heterocycles. The zero-order chi connectivity index (χ0) is 28.4. The Kier molecular flexibility index (Phi) is 9.66. The number of unbranched alkanes of at least 4 members (excludes halogenated alkanes) is 1. The van der Waals surface area contributed by atoms with E-state index in [0.29, 0.717) is 23.0 Å². The monoisotopic (exact) mass is 557 g/mol. The van der Waals surface area contributed by atoms with E-state index < -0.39 is 5.82 Å². The fourth-order valence-electron chi connectivity index (χ4n) is 5.33. The molecule has 1 saturated heterocycles. The maximum Gasteiger partial charge on any atom is 0.230 e. The first-order chi connectivity index (χ1) is 20.1. The van der Waals surface area contributed by atoms with Crippen LogP contribution in [0.2, 0.25) is 0 Å². The molecule has 1 fully saturated rings. The van der Waals surface area contributed by atoms with Crippen molar-refractivity contribution < 1.29 is 14.3 Å². The van der Waals surface area contributed by atoms with Gasteiger partial charge in [0, 0.05) is 35.9 Å². The fraction of sp³-hybridized carbons (Fsp3) is 0.355. The molecule has 0 aliphatic carbocycles. The first-order valence-corrected chi connectivity index (χ1v) is 14.2. The van der Waals surface area contributed by atoms with E-state index in [4.69, 9.17) is 0 Å². The molecule has 4 N–H and O–H groups in total. The van der Waals surface area contributed by atoms with Crippen LogP contribution in [-0.2, 0) is 11.2 Å². The summed E-state index contributed by atoms with van der Waals surface area (Å²) in [7, 11) is 0. The summed E-state index contributed by atoms with van der Waals surface area (Å²) in [5, 5.41) is 23.1. The highest BCUT2D eigenvalue weighted by Gasteiger charge is 2.18. The average molecular weight is 558 g/mol. The van der Waals surface area contributed by atoms with Gasteiger partial charge in [-0.1, -0.05) is 24.3 Å². The van der Waals surface area contributed by atoms with E-state index in [1.807, 2.05) is 18.2 Å². The van der Waals surface area contributed by atoms with Gasteiger partial charge in [0.25, 0.3) is 0 Å². The van der Waals surface area contributed by atoms with Crippen molar-refractivity contribution >= 4 is 40.2 Å². The minimum absolute atomic E-state index is 0.0637. The van der Waals surface area contributed by atoms with Gasteiger partial charge in [-0.3, -0.25) is 9.89 Å². The van der Waals surface area contributed by atoms with Gasteiger partial charge >= 0.3 is 0 Å². The Balaban J connectivity index is 1.13. The van der Waals surface area contributed by atoms with Crippen molar-refractivity contribution in [3.8, 4) is 0 Å². The van der Waals surface area contributed by atoms with Crippen molar-refractivity contribution in [1.82, 2.24) is 25.1 Å². The summed E-state index contributed by atoms with van der Waals surface area (Å²) < 4.78 is 13.4. The molecule has 0 saturated carbocycles. The number of fused-ring (bicyclic) bond motifs is 1. The Morgan fingerprint density at radius 1 is 1.20 bits per heavy atom. The van der Waals surface area contributed by atoms with Crippen molar-refractivity contribution in [3.05, 3.63) is 78.0 Å². The lowest BCUT2D eigenvalue weighted by atomic mass is 9.92. The SMILES string of the molecule is O=C(Cc1cc(Nc2ncnc3cc(/C=C/CCCC4CCCN(CCO)C4)ccc23)n[nH]1)Nc1cccc(F)c1. The van der Waals surface area contributed by atoms with Gasteiger partial charge in [-0.2, -0.15) is 5.10 Å². The molecule has 0 radical (unpaired) electrons. The molecule has 1 aliphatic heterocycles. The quantitative estimate of drug-likeness (QED) is 0.174. The number of allylic oxidation sites excluding steroid dienone is 1. The molecule has 1 amide bonds. The normalized spacial score (nSPS) is 15.9. The van der Waals surface area contributed by atoms with Crippen LogP contribution >= 0.6 is 0 Å². The van der Waals surface area contributed by atoms with Crippen LogP contribution in [0.1, 0.15) is 43.4 Å². The second-order valence-corrected chi connectivity index (χ2v) is 10.5. The molecule has 1 aliphatic rings. The summed E-state index contributed by atoms with van der Waals surface area (Å²) >= 11 is 0. The third kappa shape index (κ3) is 8.18. The molecule has 2 aromatic carbocycles. The van der Waals surface area contributed by atoms with Crippen molar-refractivity contribution in [1.29, 1.82) is 0 Å². The van der Waals surface area contributed by atoms with Crippen molar-refractivity contribution in [2.24, 2.45) is 5.92 Å². The molecule has 1 atom stereocenters. The van der Waals surface area contributed by atoms with Crippen LogP contribution in [-0.4, -0.2) is 62.3 Å². The number of aliphatic hydroxyl groups is 1. The molecular weight excluding hydrogens is 521 g/mol. The number of aromatic amines is 1. The second kappa shape index (κ2) is 14.0. The fourth-order valence-corrected chi connectivity index (χ4v) is 5.33. The molecule has 3 heterocycles. The molecule has 0 bridgehead atoms. The van der Waals surface area contributed by atoms with E-state index >= 15 is 0 Å². The van der Waals surface area contributed by atoms with Crippen molar-refractivity contribution in [2.45, 2.75) is 38.5 Å². The summed E-state index contributed by atoms with van der Waals surface area (Å²) in [6.45, 7) is 3.25. The zero-order valence-electron chi connectivity index (χ0n) is 23.0. The number of rotatable bonds is 12. The number of benzene rings is 2. The van der Waals surface area contributed by atoms with Crippen LogP contribution in [0, 0.1) is 11.7 Å². The number of carbonyl (C=O) groups is 1. The maximum atomic E-state index is 13.4. The summed E-state index contributed by atoms with van der Waals surface area (Å²) in [5.74, 6) is 1.19. The summed E-state index contributed by atoms with van der Waals surface area (Å²) in [6, 6.07) is 13.6. The molecule has 0 spiro atoms. The Labute approximate surface area is 238 Å². The van der Waals surface area contributed by atoms with Crippen LogP contribution in [0.4, 0.5) is 21.7 Å². The number of nitrogens with zero attached hydrogens (tertiary/aromatic N) is 4. The number of halogens is 1. The minimum Gasteiger partial charge on any atom is -0.395 e. The Bertz CT molecular complexity index is 1490. The zero-order valence-corrected chi connectivity index (χ0v) is 23.0. The Morgan fingerprint density at radius 2 is 2.12 bits per heavy atom. The lowest BCUT2D eigenvalue weighted by Crippen LogP contribution is -2.37.